The fourth-order valence-corrected chi connectivity index (χ4v) is 4.69. The van der Waals surface area contributed by atoms with Gasteiger partial charge >= 0.3 is 0 Å². The summed E-state index contributed by atoms with van der Waals surface area (Å²) >= 11 is 0. The van der Waals surface area contributed by atoms with Gasteiger partial charge in [0.2, 0.25) is 5.91 Å². The first-order chi connectivity index (χ1) is 15.0. The van der Waals surface area contributed by atoms with E-state index in [9.17, 15) is 9.59 Å². The maximum absolute atomic E-state index is 12.9. The number of amides is 2. The highest BCUT2D eigenvalue weighted by Gasteiger charge is 2.27. The molecule has 166 valence electrons. The molecule has 4 rings (SSSR count). The molecule has 1 aliphatic heterocycles. The van der Waals surface area contributed by atoms with E-state index in [1.54, 1.807) is 10.9 Å². The zero-order valence-corrected chi connectivity index (χ0v) is 18.6. The van der Waals surface area contributed by atoms with Gasteiger partial charge in [-0.15, -0.1) is 5.10 Å². The standard InChI is InChI=1S/C24H33N5O2/c1-17-8-9-21(14-18(17)2)29-16-22(26-27-29)24(31)28-12-10-20(11-13-28)25-23(30)15-19-6-4-3-5-7-19/h8-9,14,16,19-20H,3-7,10-13,15H2,1-2H3,(H,25,30). The summed E-state index contributed by atoms with van der Waals surface area (Å²) in [7, 11) is 0. The monoisotopic (exact) mass is 423 g/mol. The van der Waals surface area contributed by atoms with Crippen molar-refractivity contribution in [3.05, 3.63) is 41.2 Å². The smallest absolute Gasteiger partial charge is 0.276 e. The first-order valence-corrected chi connectivity index (χ1v) is 11.6. The van der Waals surface area contributed by atoms with Crippen LogP contribution in [0.25, 0.3) is 5.69 Å². The van der Waals surface area contributed by atoms with E-state index in [2.05, 4.69) is 29.5 Å². The summed E-state index contributed by atoms with van der Waals surface area (Å²) in [5, 5.41) is 11.4. The Balaban J connectivity index is 1.28. The Morgan fingerprint density at radius 1 is 1.03 bits per heavy atom. The number of piperidine rings is 1. The van der Waals surface area contributed by atoms with Gasteiger partial charge in [0.15, 0.2) is 5.69 Å². The number of aryl methyl sites for hydroxylation is 2. The minimum atomic E-state index is -0.0953. The van der Waals surface area contributed by atoms with Crippen LogP contribution in [0.3, 0.4) is 0 Å². The third kappa shape index (κ3) is 5.32. The number of carbonyl (C=O) groups is 2. The second kappa shape index (κ2) is 9.62. The van der Waals surface area contributed by atoms with Crippen LogP contribution in [0.5, 0.6) is 0 Å². The molecule has 0 bridgehead atoms. The lowest BCUT2D eigenvalue weighted by Crippen LogP contribution is -2.46. The van der Waals surface area contributed by atoms with Crippen molar-refractivity contribution in [3.8, 4) is 5.69 Å². The van der Waals surface area contributed by atoms with E-state index < -0.39 is 0 Å². The minimum Gasteiger partial charge on any atom is -0.353 e. The molecule has 1 saturated heterocycles. The van der Waals surface area contributed by atoms with Gasteiger partial charge in [0.05, 0.1) is 11.9 Å². The summed E-state index contributed by atoms with van der Waals surface area (Å²) in [6.45, 7) is 5.38. The summed E-state index contributed by atoms with van der Waals surface area (Å²) in [6, 6.07) is 6.22. The number of rotatable bonds is 5. The third-order valence-electron chi connectivity index (χ3n) is 6.81. The largest absolute Gasteiger partial charge is 0.353 e. The van der Waals surface area contributed by atoms with E-state index in [1.165, 1.54) is 43.2 Å². The molecule has 7 heteroatoms. The Kier molecular flexibility index (Phi) is 6.68. The van der Waals surface area contributed by atoms with E-state index in [0.717, 1.165) is 18.5 Å². The number of nitrogens with one attached hydrogen (secondary N) is 1. The summed E-state index contributed by atoms with van der Waals surface area (Å²) < 4.78 is 1.65. The van der Waals surface area contributed by atoms with Crippen molar-refractivity contribution >= 4 is 11.8 Å². The van der Waals surface area contributed by atoms with Crippen molar-refractivity contribution in [2.75, 3.05) is 13.1 Å². The van der Waals surface area contributed by atoms with Gasteiger partial charge in [0.1, 0.15) is 0 Å². The molecule has 1 aromatic carbocycles. The zero-order chi connectivity index (χ0) is 21.8. The topological polar surface area (TPSA) is 80.1 Å². The van der Waals surface area contributed by atoms with E-state index in [1.807, 2.05) is 23.1 Å². The number of hydrogen-bond acceptors (Lipinski definition) is 4. The molecule has 7 nitrogen and oxygen atoms in total. The predicted molar refractivity (Wildman–Crippen MR) is 119 cm³/mol. The molecule has 2 fully saturated rings. The molecule has 1 saturated carbocycles. The first-order valence-electron chi connectivity index (χ1n) is 11.6. The Hall–Kier alpha value is -2.70. The molecular formula is C24H33N5O2. The lowest BCUT2D eigenvalue weighted by molar-refractivity contribution is -0.123. The van der Waals surface area contributed by atoms with Crippen molar-refractivity contribution in [1.29, 1.82) is 0 Å². The summed E-state index contributed by atoms with van der Waals surface area (Å²) in [5.74, 6) is 0.630. The van der Waals surface area contributed by atoms with Crippen molar-refractivity contribution in [3.63, 3.8) is 0 Å². The number of likely N-dealkylation sites (tertiary alicyclic amines) is 1. The van der Waals surface area contributed by atoms with Crippen LogP contribution in [0, 0.1) is 19.8 Å². The van der Waals surface area contributed by atoms with Gasteiger partial charge in [-0.25, -0.2) is 4.68 Å². The molecule has 2 aromatic rings. The molecule has 2 aliphatic rings. The molecule has 0 unspecified atom stereocenters. The van der Waals surface area contributed by atoms with Gasteiger partial charge in [0, 0.05) is 25.6 Å². The number of hydrogen-bond donors (Lipinski definition) is 1. The number of nitrogens with zero attached hydrogens (tertiary/aromatic N) is 4. The average molecular weight is 424 g/mol. The van der Waals surface area contributed by atoms with Crippen LogP contribution < -0.4 is 5.32 Å². The summed E-state index contributed by atoms with van der Waals surface area (Å²) in [4.78, 5) is 27.1. The number of carbonyl (C=O) groups excluding carboxylic acids is 2. The van der Waals surface area contributed by atoms with Gasteiger partial charge in [0.25, 0.3) is 5.91 Å². The Labute approximate surface area is 184 Å². The van der Waals surface area contributed by atoms with Gasteiger partial charge in [-0.05, 0) is 68.7 Å². The van der Waals surface area contributed by atoms with Crippen LogP contribution in [0.2, 0.25) is 0 Å². The van der Waals surface area contributed by atoms with Crippen LogP contribution >= 0.6 is 0 Å². The van der Waals surface area contributed by atoms with Crippen molar-refractivity contribution in [1.82, 2.24) is 25.2 Å². The van der Waals surface area contributed by atoms with Gasteiger partial charge < -0.3 is 10.2 Å². The molecule has 2 heterocycles. The molecule has 1 aliphatic carbocycles. The lowest BCUT2D eigenvalue weighted by Gasteiger charge is -2.32. The van der Waals surface area contributed by atoms with E-state index >= 15 is 0 Å². The second-order valence-corrected chi connectivity index (χ2v) is 9.16. The van der Waals surface area contributed by atoms with E-state index in [4.69, 9.17) is 0 Å². The normalized spacial score (nSPS) is 18.2. The second-order valence-electron chi connectivity index (χ2n) is 9.16. The minimum absolute atomic E-state index is 0.0953. The van der Waals surface area contributed by atoms with Crippen LogP contribution in [-0.2, 0) is 4.79 Å². The average Bonchev–Trinajstić information content (AvgIpc) is 3.26. The highest BCUT2D eigenvalue weighted by molar-refractivity contribution is 5.92. The molecule has 31 heavy (non-hydrogen) atoms. The van der Waals surface area contributed by atoms with Crippen LogP contribution in [0.1, 0.15) is 73.0 Å². The number of aromatic nitrogens is 3. The van der Waals surface area contributed by atoms with Crippen LogP contribution in [-0.4, -0.2) is 50.8 Å². The predicted octanol–water partition coefficient (Wildman–Crippen LogP) is 3.58. The third-order valence-corrected chi connectivity index (χ3v) is 6.81. The van der Waals surface area contributed by atoms with E-state index in [-0.39, 0.29) is 17.9 Å². The quantitative estimate of drug-likeness (QED) is 0.797. The molecule has 0 radical (unpaired) electrons. The zero-order valence-electron chi connectivity index (χ0n) is 18.6. The lowest BCUT2D eigenvalue weighted by atomic mass is 9.86. The molecule has 1 aromatic heterocycles. The molecular weight excluding hydrogens is 390 g/mol. The SMILES string of the molecule is Cc1ccc(-n2cc(C(=O)N3CCC(NC(=O)CC4CCCCC4)CC3)nn2)cc1C. The molecule has 2 amide bonds. The summed E-state index contributed by atoms with van der Waals surface area (Å²) in [6.07, 6.45) is 10.1. The molecule has 0 atom stereocenters. The van der Waals surface area contributed by atoms with Crippen molar-refractivity contribution in [2.24, 2.45) is 5.92 Å². The van der Waals surface area contributed by atoms with E-state index in [0.29, 0.717) is 31.1 Å². The van der Waals surface area contributed by atoms with Crippen molar-refractivity contribution in [2.45, 2.75) is 71.3 Å². The molecule has 0 spiro atoms. The van der Waals surface area contributed by atoms with Gasteiger partial charge in [-0.3, -0.25) is 9.59 Å². The Morgan fingerprint density at radius 3 is 2.48 bits per heavy atom. The Morgan fingerprint density at radius 2 is 1.77 bits per heavy atom. The fraction of sp³-hybridized carbons (Fsp3) is 0.583. The maximum atomic E-state index is 12.9. The van der Waals surface area contributed by atoms with Crippen LogP contribution in [0.4, 0.5) is 0 Å². The highest BCUT2D eigenvalue weighted by Crippen LogP contribution is 2.26. The number of benzene rings is 1. The van der Waals surface area contributed by atoms with Gasteiger partial charge in [-0.1, -0.05) is 30.5 Å². The highest BCUT2D eigenvalue weighted by atomic mass is 16.2. The fourth-order valence-electron chi connectivity index (χ4n) is 4.69. The first kappa shape index (κ1) is 21.5. The molecule has 1 N–H and O–H groups in total. The van der Waals surface area contributed by atoms with Crippen LogP contribution in [0.15, 0.2) is 24.4 Å². The Bertz CT molecular complexity index is 924. The van der Waals surface area contributed by atoms with Crippen molar-refractivity contribution < 1.29 is 9.59 Å². The van der Waals surface area contributed by atoms with Gasteiger partial charge in [-0.2, -0.15) is 0 Å². The summed E-state index contributed by atoms with van der Waals surface area (Å²) in [5.41, 5.74) is 3.65. The maximum Gasteiger partial charge on any atom is 0.276 e.